The van der Waals surface area contributed by atoms with E-state index >= 15 is 0 Å². The first-order chi connectivity index (χ1) is 22.6. The van der Waals surface area contributed by atoms with Crippen molar-refractivity contribution in [3.8, 4) is 11.1 Å². The molecule has 2 N–H and O–H groups in total. The molecule has 0 bridgehead atoms. The number of allylic oxidation sites excluding steroid dienone is 2. The molecule has 5 aromatic carbocycles. The number of nitrogens with zero attached hydrogens (tertiary/aromatic N) is 3. The van der Waals surface area contributed by atoms with Crippen molar-refractivity contribution >= 4 is 33.9 Å². The monoisotopic (exact) mass is 595 g/mol. The van der Waals surface area contributed by atoms with E-state index in [0.717, 1.165) is 28.4 Å². The maximum Gasteiger partial charge on any atom is 0.148 e. The summed E-state index contributed by atoms with van der Waals surface area (Å²) in [6.07, 6.45) is 5.98. The molecule has 1 aliphatic carbocycles. The van der Waals surface area contributed by atoms with Crippen molar-refractivity contribution in [2.75, 3.05) is 0 Å². The van der Waals surface area contributed by atoms with Crippen LogP contribution in [0.1, 0.15) is 48.4 Å². The van der Waals surface area contributed by atoms with Gasteiger partial charge in [0.15, 0.2) is 0 Å². The van der Waals surface area contributed by atoms with Crippen molar-refractivity contribution in [2.24, 2.45) is 9.98 Å². The van der Waals surface area contributed by atoms with E-state index in [9.17, 15) is 0 Å². The molecule has 3 heterocycles. The molecule has 9 rings (SSSR count). The van der Waals surface area contributed by atoms with Gasteiger partial charge in [-0.2, -0.15) is 0 Å². The van der Waals surface area contributed by atoms with Gasteiger partial charge in [-0.1, -0.05) is 117 Å². The molecule has 3 aliphatic rings. The summed E-state index contributed by atoms with van der Waals surface area (Å²) < 4.78 is 2.39. The van der Waals surface area contributed by atoms with Gasteiger partial charge in [-0.25, -0.2) is 4.99 Å². The van der Waals surface area contributed by atoms with Gasteiger partial charge in [-0.3, -0.25) is 4.99 Å². The fourth-order valence-corrected chi connectivity index (χ4v) is 7.39. The molecule has 0 saturated carbocycles. The van der Waals surface area contributed by atoms with E-state index < -0.39 is 0 Å². The lowest BCUT2D eigenvalue weighted by atomic mass is 9.82. The van der Waals surface area contributed by atoms with E-state index in [4.69, 9.17) is 9.98 Å². The molecule has 6 aromatic rings. The molecule has 2 atom stereocenters. The summed E-state index contributed by atoms with van der Waals surface area (Å²) in [7, 11) is 0. The number of aliphatic imine (C=N–C) groups is 2. The number of rotatable bonds is 3. The van der Waals surface area contributed by atoms with Gasteiger partial charge in [0, 0.05) is 33.5 Å². The number of fused-ring (bicyclic) bond motifs is 6. The first-order valence-electron chi connectivity index (χ1n) is 15.9. The predicted molar refractivity (Wildman–Crippen MR) is 189 cm³/mol. The van der Waals surface area contributed by atoms with E-state index in [1.807, 2.05) is 30.5 Å². The highest BCUT2D eigenvalue weighted by atomic mass is 15.3. The van der Waals surface area contributed by atoms with Crippen molar-refractivity contribution in [1.82, 2.24) is 15.2 Å². The van der Waals surface area contributed by atoms with Gasteiger partial charge in [0.05, 0.1) is 11.0 Å². The van der Waals surface area contributed by atoms with Crippen LogP contribution in [0.3, 0.4) is 0 Å². The van der Waals surface area contributed by atoms with Crippen LogP contribution in [0.2, 0.25) is 0 Å². The Balaban J connectivity index is 1.13. The second-order valence-corrected chi connectivity index (χ2v) is 12.8. The summed E-state index contributed by atoms with van der Waals surface area (Å²) in [6, 6.07) is 43.0. The number of para-hydroxylation sites is 1. The lowest BCUT2D eigenvalue weighted by molar-refractivity contribution is 0.579. The van der Waals surface area contributed by atoms with Gasteiger partial charge in [-0.05, 0) is 58.2 Å². The van der Waals surface area contributed by atoms with Gasteiger partial charge in [-0.15, -0.1) is 0 Å². The van der Waals surface area contributed by atoms with Crippen molar-refractivity contribution in [2.45, 2.75) is 31.6 Å². The van der Waals surface area contributed by atoms with Crippen LogP contribution >= 0.6 is 0 Å². The van der Waals surface area contributed by atoms with Crippen molar-refractivity contribution in [3.63, 3.8) is 0 Å². The Bertz CT molecular complexity index is 2270. The third kappa shape index (κ3) is 4.08. The van der Waals surface area contributed by atoms with Gasteiger partial charge < -0.3 is 15.2 Å². The highest BCUT2D eigenvalue weighted by Gasteiger charge is 2.36. The van der Waals surface area contributed by atoms with E-state index in [2.05, 4.69) is 138 Å². The standard InChI is InChI=1S/C41H33N5/c1-41(2)33-19-11-9-17-29(33)31-23-32-30-18-10-12-20-35(30)46(36(32)24-34(31)41)37-22-21-28(25-42-37)40-44-38(26-13-5-3-6-14-26)43-39(45-40)27-15-7-4-8-16-27/h3-25,37-38,44H,1-2H3,(H,43,45). The first kappa shape index (κ1) is 26.7. The van der Waals surface area contributed by atoms with E-state index in [1.54, 1.807) is 0 Å². The zero-order chi connectivity index (χ0) is 30.8. The Morgan fingerprint density at radius 1 is 0.696 bits per heavy atom. The molecular weight excluding hydrogens is 562 g/mol. The molecule has 0 saturated heterocycles. The third-order valence-corrected chi connectivity index (χ3v) is 9.73. The predicted octanol–water partition coefficient (Wildman–Crippen LogP) is 8.79. The summed E-state index contributed by atoms with van der Waals surface area (Å²) in [5.41, 5.74) is 10.9. The zero-order valence-corrected chi connectivity index (χ0v) is 25.8. The van der Waals surface area contributed by atoms with Gasteiger partial charge in [0.2, 0.25) is 0 Å². The molecule has 5 heteroatoms. The average molecular weight is 596 g/mol. The smallest absolute Gasteiger partial charge is 0.148 e. The van der Waals surface area contributed by atoms with Crippen LogP contribution in [0.25, 0.3) is 32.9 Å². The summed E-state index contributed by atoms with van der Waals surface area (Å²) in [5.74, 6) is 1.72. The molecular formula is C41H33N5. The van der Waals surface area contributed by atoms with Crippen LogP contribution in [0.4, 0.5) is 0 Å². The number of nitrogens with one attached hydrogen (secondary N) is 2. The molecule has 2 aliphatic heterocycles. The van der Waals surface area contributed by atoms with Crippen LogP contribution in [0, 0.1) is 0 Å². The van der Waals surface area contributed by atoms with Crippen molar-refractivity contribution in [3.05, 3.63) is 167 Å². The molecule has 0 spiro atoms. The average Bonchev–Trinajstić information content (AvgIpc) is 3.56. The Morgan fingerprint density at radius 3 is 2.24 bits per heavy atom. The summed E-state index contributed by atoms with van der Waals surface area (Å²) in [4.78, 5) is 10.2. The Hall–Kier alpha value is -5.68. The van der Waals surface area contributed by atoms with Crippen LogP contribution in [0.5, 0.6) is 0 Å². The van der Waals surface area contributed by atoms with Gasteiger partial charge in [0.25, 0.3) is 0 Å². The number of hydrogen-bond acceptors (Lipinski definition) is 4. The number of amidine groups is 1. The molecule has 2 unspecified atom stereocenters. The van der Waals surface area contributed by atoms with Crippen LogP contribution < -0.4 is 10.6 Å². The van der Waals surface area contributed by atoms with Crippen molar-refractivity contribution < 1.29 is 0 Å². The molecule has 0 radical (unpaired) electrons. The van der Waals surface area contributed by atoms with Crippen molar-refractivity contribution in [1.29, 1.82) is 0 Å². The second-order valence-electron chi connectivity index (χ2n) is 12.8. The fourth-order valence-electron chi connectivity index (χ4n) is 7.39. The maximum absolute atomic E-state index is 5.17. The Kier molecular flexibility index (Phi) is 5.91. The Labute approximate surface area is 268 Å². The topological polar surface area (TPSA) is 53.7 Å². The van der Waals surface area contributed by atoms with Crippen LogP contribution in [0.15, 0.2) is 155 Å². The molecule has 1 aromatic heterocycles. The molecule has 5 nitrogen and oxygen atoms in total. The molecule has 0 amide bonds. The zero-order valence-electron chi connectivity index (χ0n) is 25.8. The minimum atomic E-state index is -0.216. The quantitative estimate of drug-likeness (QED) is 0.215. The second kappa shape index (κ2) is 10.2. The number of benzene rings is 5. The minimum absolute atomic E-state index is 0.0731. The normalized spacial score (nSPS) is 21.0. The lowest BCUT2D eigenvalue weighted by Crippen LogP contribution is -2.41. The first-order valence-corrected chi connectivity index (χ1v) is 15.9. The van der Waals surface area contributed by atoms with E-state index in [0.29, 0.717) is 0 Å². The number of dihydropyridines is 1. The Morgan fingerprint density at radius 2 is 1.43 bits per heavy atom. The lowest BCUT2D eigenvalue weighted by Gasteiger charge is -2.29. The number of hydrogen-bond donors (Lipinski definition) is 2. The maximum atomic E-state index is 5.17. The third-order valence-electron chi connectivity index (χ3n) is 9.73. The summed E-state index contributed by atoms with van der Waals surface area (Å²) in [6.45, 7) is 4.68. The highest BCUT2D eigenvalue weighted by molar-refractivity contribution is 6.11. The summed E-state index contributed by atoms with van der Waals surface area (Å²) in [5, 5.41) is 9.70. The SMILES string of the molecule is CC1(C)c2ccccc2-c2cc3c4ccccc4n(C4C=CC(=C5NC(c6ccccc6)=NC(c6ccccc6)N5)C=N4)c3cc21. The van der Waals surface area contributed by atoms with Crippen LogP contribution in [-0.2, 0) is 5.41 Å². The van der Waals surface area contributed by atoms with Crippen LogP contribution in [-0.4, -0.2) is 16.6 Å². The number of aromatic nitrogens is 1. The summed E-state index contributed by atoms with van der Waals surface area (Å²) >= 11 is 0. The van der Waals surface area contributed by atoms with E-state index in [-0.39, 0.29) is 17.7 Å². The molecule has 46 heavy (non-hydrogen) atoms. The molecule has 222 valence electrons. The minimum Gasteiger partial charge on any atom is -0.346 e. The van der Waals surface area contributed by atoms with Gasteiger partial charge in [0.1, 0.15) is 24.0 Å². The fraction of sp³-hybridized carbons (Fsp3) is 0.122. The highest BCUT2D eigenvalue weighted by Crippen LogP contribution is 2.51. The molecule has 0 fully saturated rings. The van der Waals surface area contributed by atoms with E-state index in [1.165, 1.54) is 44.1 Å². The largest absolute Gasteiger partial charge is 0.346 e. The van der Waals surface area contributed by atoms with Gasteiger partial charge >= 0.3 is 0 Å².